The van der Waals surface area contributed by atoms with Crippen LogP contribution in [-0.2, 0) is 17.8 Å². The molecule has 0 aliphatic heterocycles. The fourth-order valence-electron chi connectivity index (χ4n) is 2.73. The minimum Gasteiger partial charge on any atom is -0.450 e. The molecule has 3 aromatic rings. The molecule has 30 heavy (non-hydrogen) atoms. The molecule has 3 rings (SSSR count). The summed E-state index contributed by atoms with van der Waals surface area (Å²) in [5, 5.41) is 4.38. The Morgan fingerprint density at radius 1 is 1.13 bits per heavy atom. The van der Waals surface area contributed by atoms with Crippen LogP contribution in [0.4, 0.5) is 4.79 Å². The number of alkyl carbamates (subject to hydrolysis) is 1. The Balaban J connectivity index is 2.05. The summed E-state index contributed by atoms with van der Waals surface area (Å²) >= 11 is 7.33. The van der Waals surface area contributed by atoms with Gasteiger partial charge in [-0.05, 0) is 36.1 Å². The van der Waals surface area contributed by atoms with Crippen LogP contribution in [-0.4, -0.2) is 27.7 Å². The average molecular weight is 448 g/mol. The zero-order valence-corrected chi connectivity index (χ0v) is 17.5. The van der Waals surface area contributed by atoms with E-state index in [0.717, 1.165) is 15.6 Å². The lowest BCUT2D eigenvalue weighted by Gasteiger charge is -2.13. The standard InChI is InChI=1S/C20H18ClN3O5S/c1-2-29-19(27)22-17(25)16-12-23(11-15-4-3-9-30-15)20(28)24(18(16)26)10-13-5-7-14(21)8-6-13/h3-9,12H,2,10-11H2,1H3,(H,22,25,27). The molecular weight excluding hydrogens is 430 g/mol. The molecule has 0 spiro atoms. The Labute approximate surface area is 180 Å². The second-order valence-corrected chi connectivity index (χ2v) is 7.69. The number of rotatable bonds is 6. The van der Waals surface area contributed by atoms with Crippen LogP contribution in [0.3, 0.4) is 0 Å². The van der Waals surface area contributed by atoms with Gasteiger partial charge in [-0.25, -0.2) is 9.59 Å². The lowest BCUT2D eigenvalue weighted by Crippen LogP contribution is -2.45. The van der Waals surface area contributed by atoms with Gasteiger partial charge in [0.15, 0.2) is 0 Å². The molecule has 156 valence electrons. The van der Waals surface area contributed by atoms with Crippen LogP contribution in [0.25, 0.3) is 0 Å². The van der Waals surface area contributed by atoms with E-state index in [1.54, 1.807) is 31.2 Å². The highest BCUT2D eigenvalue weighted by atomic mass is 35.5. The number of halogens is 1. The summed E-state index contributed by atoms with van der Waals surface area (Å²) in [5.74, 6) is -0.941. The van der Waals surface area contributed by atoms with Gasteiger partial charge in [0.1, 0.15) is 5.56 Å². The van der Waals surface area contributed by atoms with Crippen molar-refractivity contribution in [2.75, 3.05) is 6.61 Å². The van der Waals surface area contributed by atoms with Gasteiger partial charge in [0.2, 0.25) is 0 Å². The van der Waals surface area contributed by atoms with Crippen molar-refractivity contribution in [3.05, 3.63) is 89.8 Å². The van der Waals surface area contributed by atoms with Gasteiger partial charge in [-0.3, -0.25) is 24.0 Å². The van der Waals surface area contributed by atoms with Crippen LogP contribution in [0.1, 0.15) is 27.7 Å². The molecule has 10 heteroatoms. The van der Waals surface area contributed by atoms with Gasteiger partial charge in [-0.15, -0.1) is 11.3 Å². The molecule has 1 aromatic carbocycles. The van der Waals surface area contributed by atoms with Crippen molar-refractivity contribution < 1.29 is 14.3 Å². The molecule has 0 unspecified atom stereocenters. The fraction of sp³-hybridized carbons (Fsp3) is 0.200. The molecule has 2 amide bonds. The van der Waals surface area contributed by atoms with Crippen LogP contribution in [0.5, 0.6) is 0 Å². The minimum absolute atomic E-state index is 0.0558. The van der Waals surface area contributed by atoms with E-state index >= 15 is 0 Å². The summed E-state index contributed by atoms with van der Waals surface area (Å²) in [6.07, 6.45) is 0.194. The van der Waals surface area contributed by atoms with Crippen molar-refractivity contribution in [2.45, 2.75) is 20.0 Å². The maximum atomic E-state index is 13.0. The molecule has 2 heterocycles. The van der Waals surface area contributed by atoms with Gasteiger partial charge >= 0.3 is 11.8 Å². The number of carbonyl (C=O) groups excluding carboxylic acids is 2. The molecule has 0 bridgehead atoms. The lowest BCUT2D eigenvalue weighted by molar-refractivity contribution is 0.0921. The number of nitrogens with zero attached hydrogens (tertiary/aromatic N) is 2. The van der Waals surface area contributed by atoms with Crippen LogP contribution in [0, 0.1) is 0 Å². The van der Waals surface area contributed by atoms with E-state index in [-0.39, 0.29) is 25.3 Å². The third-order valence-electron chi connectivity index (χ3n) is 4.13. The van der Waals surface area contributed by atoms with Crippen molar-refractivity contribution in [3.8, 4) is 0 Å². The highest BCUT2D eigenvalue weighted by Gasteiger charge is 2.20. The first-order chi connectivity index (χ1) is 14.4. The van der Waals surface area contributed by atoms with E-state index in [1.165, 1.54) is 15.9 Å². The first-order valence-electron chi connectivity index (χ1n) is 8.98. The van der Waals surface area contributed by atoms with Crippen molar-refractivity contribution >= 4 is 34.9 Å². The quantitative estimate of drug-likeness (QED) is 0.626. The molecule has 1 N–H and O–H groups in total. The zero-order chi connectivity index (χ0) is 21.7. The van der Waals surface area contributed by atoms with Gasteiger partial charge in [-0.1, -0.05) is 29.8 Å². The summed E-state index contributed by atoms with van der Waals surface area (Å²) < 4.78 is 6.91. The Bertz CT molecular complexity index is 1170. The van der Waals surface area contributed by atoms with E-state index in [4.69, 9.17) is 16.3 Å². The summed E-state index contributed by atoms with van der Waals surface area (Å²) in [7, 11) is 0. The monoisotopic (exact) mass is 447 g/mol. The molecule has 0 aliphatic carbocycles. The zero-order valence-electron chi connectivity index (χ0n) is 16.0. The fourth-order valence-corrected chi connectivity index (χ4v) is 3.56. The Kier molecular flexibility index (Phi) is 6.86. The van der Waals surface area contributed by atoms with Crippen LogP contribution in [0.2, 0.25) is 5.02 Å². The second kappa shape index (κ2) is 9.55. The predicted molar refractivity (Wildman–Crippen MR) is 113 cm³/mol. The number of amides is 2. The molecule has 0 aliphatic rings. The third-order valence-corrected chi connectivity index (χ3v) is 5.25. The first kappa shape index (κ1) is 21.5. The van der Waals surface area contributed by atoms with Gasteiger partial charge in [0, 0.05) is 16.1 Å². The summed E-state index contributed by atoms with van der Waals surface area (Å²) in [4.78, 5) is 50.9. The van der Waals surface area contributed by atoms with Gasteiger partial charge in [0.05, 0.1) is 19.7 Å². The molecule has 0 radical (unpaired) electrons. The van der Waals surface area contributed by atoms with Gasteiger partial charge in [0.25, 0.3) is 11.5 Å². The number of aromatic nitrogens is 2. The van der Waals surface area contributed by atoms with E-state index in [1.807, 2.05) is 22.8 Å². The maximum Gasteiger partial charge on any atom is 0.414 e. The molecule has 0 saturated carbocycles. The normalized spacial score (nSPS) is 10.6. The highest BCUT2D eigenvalue weighted by molar-refractivity contribution is 7.09. The van der Waals surface area contributed by atoms with E-state index in [2.05, 4.69) is 0 Å². The number of hydrogen-bond donors (Lipinski definition) is 1. The molecule has 0 saturated heterocycles. The molecule has 8 nitrogen and oxygen atoms in total. The Morgan fingerprint density at radius 2 is 1.87 bits per heavy atom. The molecule has 0 fully saturated rings. The number of hydrogen-bond acceptors (Lipinski definition) is 6. The number of nitrogens with one attached hydrogen (secondary N) is 1. The van der Waals surface area contributed by atoms with Crippen molar-refractivity contribution in [2.24, 2.45) is 0 Å². The average Bonchev–Trinajstić information content (AvgIpc) is 3.22. The molecule has 2 aromatic heterocycles. The highest BCUT2D eigenvalue weighted by Crippen LogP contribution is 2.11. The van der Waals surface area contributed by atoms with E-state index in [9.17, 15) is 19.2 Å². The first-order valence-corrected chi connectivity index (χ1v) is 10.2. The number of imide groups is 1. The summed E-state index contributed by atoms with van der Waals surface area (Å²) in [6.45, 7) is 1.78. The summed E-state index contributed by atoms with van der Waals surface area (Å²) in [5.41, 5.74) is -1.06. The Hall–Kier alpha value is -3.17. The smallest absolute Gasteiger partial charge is 0.414 e. The summed E-state index contributed by atoms with van der Waals surface area (Å²) in [6, 6.07) is 10.3. The van der Waals surface area contributed by atoms with Crippen LogP contribution >= 0.6 is 22.9 Å². The predicted octanol–water partition coefficient (Wildman–Crippen LogP) is 2.71. The minimum atomic E-state index is -0.970. The number of thiophene rings is 1. The van der Waals surface area contributed by atoms with Gasteiger partial charge < -0.3 is 4.74 Å². The molecular formula is C20H18ClN3O5S. The Morgan fingerprint density at radius 3 is 2.50 bits per heavy atom. The van der Waals surface area contributed by atoms with Crippen LogP contribution < -0.4 is 16.6 Å². The van der Waals surface area contributed by atoms with E-state index in [0.29, 0.717) is 10.6 Å². The maximum absolute atomic E-state index is 13.0. The van der Waals surface area contributed by atoms with E-state index < -0.39 is 23.2 Å². The molecule has 0 atom stereocenters. The van der Waals surface area contributed by atoms with Crippen LogP contribution in [0.15, 0.2) is 57.6 Å². The van der Waals surface area contributed by atoms with Crippen molar-refractivity contribution in [1.82, 2.24) is 14.5 Å². The van der Waals surface area contributed by atoms with Crippen molar-refractivity contribution in [3.63, 3.8) is 0 Å². The number of ether oxygens (including phenoxy) is 1. The lowest BCUT2D eigenvalue weighted by atomic mass is 10.2. The SMILES string of the molecule is CCOC(=O)NC(=O)c1cn(Cc2cccs2)c(=O)n(Cc2ccc(Cl)cc2)c1=O. The largest absolute Gasteiger partial charge is 0.450 e. The number of carbonyl (C=O) groups is 2. The third kappa shape index (κ3) is 5.05. The van der Waals surface area contributed by atoms with Gasteiger partial charge in [-0.2, -0.15) is 0 Å². The number of benzene rings is 1. The topological polar surface area (TPSA) is 99.4 Å². The second-order valence-electron chi connectivity index (χ2n) is 6.22. The van der Waals surface area contributed by atoms with Crippen molar-refractivity contribution in [1.29, 1.82) is 0 Å².